The van der Waals surface area contributed by atoms with E-state index in [4.69, 9.17) is 16.1 Å². The summed E-state index contributed by atoms with van der Waals surface area (Å²) in [5, 5.41) is 14.7. The van der Waals surface area contributed by atoms with E-state index in [0.717, 1.165) is 0 Å². The molecule has 0 saturated carbocycles. The number of carbonyl (C=O) groups excluding carboxylic acids is 1. The predicted octanol–water partition coefficient (Wildman–Crippen LogP) is 1.90. The van der Waals surface area contributed by atoms with Gasteiger partial charge in [-0.05, 0) is 29.8 Å². The van der Waals surface area contributed by atoms with Gasteiger partial charge in [0.15, 0.2) is 5.76 Å². The number of hydrogen-bond donors (Lipinski definition) is 1. The molecule has 0 radical (unpaired) electrons. The van der Waals surface area contributed by atoms with Crippen molar-refractivity contribution >= 4 is 17.5 Å². The van der Waals surface area contributed by atoms with E-state index in [1.165, 1.54) is 11.0 Å². The Morgan fingerprint density at radius 2 is 1.92 bits per heavy atom. The zero-order chi connectivity index (χ0) is 18.3. The Balaban J connectivity index is 1.69. The van der Waals surface area contributed by atoms with Crippen molar-refractivity contribution in [3.63, 3.8) is 0 Å². The lowest BCUT2D eigenvalue weighted by molar-refractivity contribution is -0.144. The molecule has 4 rings (SSSR count). The fourth-order valence-electron chi connectivity index (χ4n) is 2.87. The topological polar surface area (TPSA) is 105 Å². The number of carbonyl (C=O) groups is 1. The Bertz CT molecular complexity index is 992. The van der Waals surface area contributed by atoms with Crippen LogP contribution >= 0.6 is 11.6 Å². The van der Waals surface area contributed by atoms with Gasteiger partial charge in [-0.25, -0.2) is 15.0 Å². The number of likely N-dealkylation sites (N-methyl/N-ethyl adjacent to an activating group) is 1. The van der Waals surface area contributed by atoms with Crippen molar-refractivity contribution < 1.29 is 14.4 Å². The quantitative estimate of drug-likeness (QED) is 0.701. The third kappa shape index (κ3) is 2.73. The summed E-state index contributed by atoms with van der Waals surface area (Å²) in [6.07, 6.45) is 1.80. The number of halogens is 1. The van der Waals surface area contributed by atoms with Crippen molar-refractivity contribution in [3.8, 4) is 22.8 Å². The highest BCUT2D eigenvalue weighted by molar-refractivity contribution is 6.28. The summed E-state index contributed by atoms with van der Waals surface area (Å²) in [5.41, 5.74) is 0.415. The number of hydrogen-bond acceptors (Lipinski definition) is 7. The van der Waals surface area contributed by atoms with Gasteiger partial charge >= 0.3 is 0 Å². The van der Waals surface area contributed by atoms with Crippen LogP contribution in [0.1, 0.15) is 12.2 Å². The fraction of sp³-hybridized carbons (Fsp3) is 0.235. The van der Waals surface area contributed by atoms with Gasteiger partial charge in [-0.15, -0.1) is 0 Å². The van der Waals surface area contributed by atoms with Gasteiger partial charge in [0.05, 0.1) is 17.1 Å². The summed E-state index contributed by atoms with van der Waals surface area (Å²) in [5.74, 6) is -0.295. The van der Waals surface area contributed by atoms with Gasteiger partial charge in [-0.3, -0.25) is 4.79 Å². The summed E-state index contributed by atoms with van der Waals surface area (Å²) in [4.78, 5) is 26.1. The second-order valence-corrected chi connectivity index (χ2v) is 6.37. The number of amides is 1. The first-order valence-electron chi connectivity index (χ1n) is 7.89. The van der Waals surface area contributed by atoms with Crippen molar-refractivity contribution in [2.75, 3.05) is 13.6 Å². The largest absolute Gasteiger partial charge is 0.373 e. The fourth-order valence-corrected chi connectivity index (χ4v) is 3.02. The molecular formula is C17H14ClN5O3. The van der Waals surface area contributed by atoms with Crippen LogP contribution < -0.4 is 0 Å². The highest BCUT2D eigenvalue weighted by Crippen LogP contribution is 2.34. The lowest BCUT2D eigenvalue weighted by Crippen LogP contribution is -2.35. The summed E-state index contributed by atoms with van der Waals surface area (Å²) < 4.78 is 5.26. The monoisotopic (exact) mass is 371 g/mol. The first-order chi connectivity index (χ1) is 12.5. The van der Waals surface area contributed by atoms with Crippen LogP contribution in [-0.2, 0) is 10.4 Å². The molecule has 1 amide bonds. The molecule has 0 aliphatic carbocycles. The van der Waals surface area contributed by atoms with E-state index in [0.29, 0.717) is 29.3 Å². The van der Waals surface area contributed by atoms with Crippen molar-refractivity contribution in [1.29, 1.82) is 0 Å². The van der Waals surface area contributed by atoms with Gasteiger partial charge in [0.1, 0.15) is 5.69 Å². The van der Waals surface area contributed by atoms with Crippen molar-refractivity contribution in [1.82, 2.24) is 25.0 Å². The third-order valence-corrected chi connectivity index (χ3v) is 4.51. The standard InChI is InChI=1S/C17H14ClN5O3/c1-23-8-6-17(25,15(23)24)14-9-13(22-26-14)11-4-2-3-10(20-11)12-5-7-19-16(18)21-12/h2-5,7,9,25H,6,8H2,1H3. The first kappa shape index (κ1) is 16.6. The molecule has 1 atom stereocenters. The minimum absolute atomic E-state index is 0.110. The third-order valence-electron chi connectivity index (χ3n) is 4.33. The van der Waals surface area contributed by atoms with Crippen molar-refractivity contribution in [3.05, 3.63) is 47.6 Å². The highest BCUT2D eigenvalue weighted by Gasteiger charge is 2.48. The van der Waals surface area contributed by atoms with Crippen LogP contribution in [0.5, 0.6) is 0 Å². The molecule has 0 spiro atoms. The lowest BCUT2D eigenvalue weighted by Gasteiger charge is -2.16. The van der Waals surface area contributed by atoms with Gasteiger partial charge in [-0.2, -0.15) is 0 Å². The Hall–Kier alpha value is -2.84. The van der Waals surface area contributed by atoms with Crippen LogP contribution in [0, 0.1) is 0 Å². The number of aliphatic hydroxyl groups is 1. The highest BCUT2D eigenvalue weighted by atomic mass is 35.5. The summed E-state index contributed by atoms with van der Waals surface area (Å²) >= 11 is 5.83. The first-order valence-corrected chi connectivity index (χ1v) is 8.27. The van der Waals surface area contributed by atoms with Gasteiger partial charge in [0.2, 0.25) is 10.9 Å². The van der Waals surface area contributed by atoms with Gasteiger partial charge in [-0.1, -0.05) is 11.2 Å². The van der Waals surface area contributed by atoms with Crippen LogP contribution in [0.4, 0.5) is 0 Å². The van der Waals surface area contributed by atoms with Crippen molar-refractivity contribution in [2.45, 2.75) is 12.0 Å². The van der Waals surface area contributed by atoms with Crippen LogP contribution in [0.2, 0.25) is 5.28 Å². The number of rotatable bonds is 3. The SMILES string of the molecule is CN1CCC(O)(c2cc(-c3cccc(-c4ccnc(Cl)n4)n3)no2)C1=O. The van der Waals surface area contributed by atoms with E-state index >= 15 is 0 Å². The molecule has 0 aromatic carbocycles. The maximum atomic E-state index is 12.2. The second kappa shape index (κ2) is 6.15. The van der Waals surface area contributed by atoms with Crippen LogP contribution in [0.15, 0.2) is 41.1 Å². The maximum Gasteiger partial charge on any atom is 0.262 e. The number of aromatic nitrogens is 4. The predicted molar refractivity (Wildman–Crippen MR) is 91.9 cm³/mol. The zero-order valence-corrected chi connectivity index (χ0v) is 14.5. The number of nitrogens with zero attached hydrogens (tertiary/aromatic N) is 5. The molecule has 3 aromatic rings. The normalized spacial score (nSPS) is 20.0. The summed E-state index contributed by atoms with van der Waals surface area (Å²) in [6.45, 7) is 0.452. The Morgan fingerprint density at radius 1 is 1.19 bits per heavy atom. The Kier molecular flexibility index (Phi) is 3.93. The second-order valence-electron chi connectivity index (χ2n) is 6.03. The van der Waals surface area contributed by atoms with E-state index in [1.54, 1.807) is 37.5 Å². The molecule has 9 heteroatoms. The van der Waals surface area contributed by atoms with Crippen LogP contribution in [0.3, 0.4) is 0 Å². The molecule has 1 aliphatic heterocycles. The zero-order valence-electron chi connectivity index (χ0n) is 13.8. The minimum Gasteiger partial charge on any atom is -0.373 e. The molecule has 4 heterocycles. The van der Waals surface area contributed by atoms with E-state index in [-0.39, 0.29) is 17.5 Å². The Labute approximate surface area is 153 Å². The average Bonchev–Trinajstić information content (AvgIpc) is 3.25. The van der Waals surface area contributed by atoms with E-state index in [2.05, 4.69) is 20.1 Å². The number of pyridine rings is 1. The Morgan fingerprint density at radius 3 is 2.62 bits per heavy atom. The maximum absolute atomic E-state index is 12.2. The molecule has 1 N–H and O–H groups in total. The summed E-state index contributed by atoms with van der Waals surface area (Å²) in [6, 6.07) is 8.57. The molecule has 3 aromatic heterocycles. The van der Waals surface area contributed by atoms with Crippen LogP contribution in [-0.4, -0.2) is 49.6 Å². The van der Waals surface area contributed by atoms with E-state index in [9.17, 15) is 9.90 Å². The molecule has 8 nitrogen and oxygen atoms in total. The lowest BCUT2D eigenvalue weighted by atomic mass is 9.98. The molecule has 132 valence electrons. The van der Waals surface area contributed by atoms with Gasteiger partial charge in [0.25, 0.3) is 5.91 Å². The molecule has 0 bridgehead atoms. The molecule has 26 heavy (non-hydrogen) atoms. The van der Waals surface area contributed by atoms with Gasteiger partial charge in [0, 0.05) is 32.3 Å². The molecule has 1 unspecified atom stereocenters. The average molecular weight is 372 g/mol. The molecule has 1 fully saturated rings. The van der Waals surface area contributed by atoms with Crippen LogP contribution in [0.25, 0.3) is 22.8 Å². The number of likely N-dealkylation sites (tertiary alicyclic amines) is 1. The van der Waals surface area contributed by atoms with Gasteiger partial charge < -0.3 is 14.5 Å². The molecular weight excluding hydrogens is 358 g/mol. The van der Waals surface area contributed by atoms with Crippen molar-refractivity contribution in [2.24, 2.45) is 0 Å². The minimum atomic E-state index is -1.68. The molecule has 1 saturated heterocycles. The smallest absolute Gasteiger partial charge is 0.262 e. The van der Waals surface area contributed by atoms with E-state index in [1.807, 2.05) is 0 Å². The molecule has 1 aliphatic rings. The summed E-state index contributed by atoms with van der Waals surface area (Å²) in [7, 11) is 1.63. The van der Waals surface area contributed by atoms with E-state index < -0.39 is 11.5 Å².